The Labute approximate surface area is 231 Å². The fourth-order valence-corrected chi connectivity index (χ4v) is 6.16. The fourth-order valence-electron chi connectivity index (χ4n) is 6.16. The number of hydrogen-bond acceptors (Lipinski definition) is 2. The number of aliphatic imine (C=N–C) groups is 1. The van der Waals surface area contributed by atoms with Gasteiger partial charge in [-0.25, -0.2) is 0 Å². The number of halogens is 2. The lowest BCUT2D eigenvalue weighted by atomic mass is 9.79. The van der Waals surface area contributed by atoms with Gasteiger partial charge < -0.3 is 9.21 Å². The SMILES string of the molecule is CC.CCC(C)(C)CC(C)(C)Oc1cc(C)c(C(c2c(C)cc(C)n2B(F)F)C2N=C(C)C=C2C)c(C)c1. The second-order valence-electron chi connectivity index (χ2n) is 12.1. The van der Waals surface area contributed by atoms with Crippen molar-refractivity contribution in [3.8, 4) is 5.75 Å². The molecule has 0 aliphatic carbocycles. The van der Waals surface area contributed by atoms with Crippen molar-refractivity contribution in [2.45, 2.75) is 120 Å². The molecule has 3 nitrogen and oxygen atoms in total. The molecule has 2 atom stereocenters. The molecule has 2 heterocycles. The van der Waals surface area contributed by atoms with E-state index in [1.165, 1.54) is 4.48 Å². The Hall–Kier alpha value is -2.37. The van der Waals surface area contributed by atoms with Gasteiger partial charge in [0, 0.05) is 17.1 Å². The van der Waals surface area contributed by atoms with Gasteiger partial charge in [-0.3, -0.25) is 13.6 Å². The predicted molar refractivity (Wildman–Crippen MR) is 160 cm³/mol. The number of rotatable bonds is 9. The number of allylic oxidation sites excluding steroid dienone is 1. The molecular formula is C32H49BF2N2O. The molecular weight excluding hydrogens is 477 g/mol. The van der Waals surface area contributed by atoms with Crippen LogP contribution in [0.25, 0.3) is 0 Å². The van der Waals surface area contributed by atoms with E-state index < -0.39 is 7.40 Å². The van der Waals surface area contributed by atoms with Gasteiger partial charge in [-0.05, 0) is 119 Å². The lowest BCUT2D eigenvalue weighted by Gasteiger charge is -2.35. The minimum absolute atomic E-state index is 0.177. The molecule has 210 valence electrons. The van der Waals surface area contributed by atoms with Crippen LogP contribution in [0.4, 0.5) is 8.63 Å². The molecule has 2 aromatic rings. The van der Waals surface area contributed by atoms with E-state index >= 15 is 0 Å². The summed E-state index contributed by atoms with van der Waals surface area (Å²) in [5, 5.41) is 0. The van der Waals surface area contributed by atoms with Gasteiger partial charge in [0.05, 0.1) is 12.0 Å². The largest absolute Gasteiger partial charge is 0.677 e. The van der Waals surface area contributed by atoms with Crippen LogP contribution in [-0.2, 0) is 0 Å². The van der Waals surface area contributed by atoms with E-state index in [4.69, 9.17) is 9.73 Å². The van der Waals surface area contributed by atoms with E-state index in [0.717, 1.165) is 52.1 Å². The van der Waals surface area contributed by atoms with Crippen LogP contribution >= 0.6 is 0 Å². The van der Waals surface area contributed by atoms with E-state index in [2.05, 4.69) is 73.6 Å². The summed E-state index contributed by atoms with van der Waals surface area (Å²) in [7, 11) is -2.61. The molecule has 0 spiro atoms. The summed E-state index contributed by atoms with van der Waals surface area (Å²) in [5.41, 5.74) is 7.07. The van der Waals surface area contributed by atoms with Gasteiger partial charge in [-0.2, -0.15) is 0 Å². The summed E-state index contributed by atoms with van der Waals surface area (Å²) in [6.07, 6.45) is 4.07. The third-order valence-corrected chi connectivity index (χ3v) is 7.65. The zero-order valence-electron chi connectivity index (χ0n) is 26.0. The van der Waals surface area contributed by atoms with Crippen LogP contribution in [0.2, 0.25) is 0 Å². The lowest BCUT2D eigenvalue weighted by molar-refractivity contribution is 0.0548. The number of benzene rings is 1. The van der Waals surface area contributed by atoms with E-state index in [-0.39, 0.29) is 23.0 Å². The molecule has 38 heavy (non-hydrogen) atoms. The second-order valence-corrected chi connectivity index (χ2v) is 12.1. The molecule has 0 saturated carbocycles. The maximum absolute atomic E-state index is 14.3. The minimum Gasteiger partial charge on any atom is -0.488 e. The first-order chi connectivity index (χ1) is 17.6. The van der Waals surface area contributed by atoms with Gasteiger partial charge in [0.25, 0.3) is 0 Å². The van der Waals surface area contributed by atoms with Gasteiger partial charge in [0.15, 0.2) is 0 Å². The highest BCUT2D eigenvalue weighted by Crippen LogP contribution is 2.43. The normalized spacial score (nSPS) is 16.4. The Bertz CT molecular complexity index is 1170. The highest BCUT2D eigenvalue weighted by Gasteiger charge is 2.37. The first-order valence-corrected chi connectivity index (χ1v) is 14.1. The van der Waals surface area contributed by atoms with Gasteiger partial charge in [-0.15, -0.1) is 0 Å². The molecule has 1 aliphatic heterocycles. The summed E-state index contributed by atoms with van der Waals surface area (Å²) in [5.74, 6) is 0.502. The molecule has 6 heteroatoms. The zero-order valence-corrected chi connectivity index (χ0v) is 26.0. The second kappa shape index (κ2) is 12.2. The van der Waals surface area contributed by atoms with Gasteiger partial charge in [0.2, 0.25) is 0 Å². The van der Waals surface area contributed by atoms with E-state index in [1.807, 2.05) is 33.8 Å². The monoisotopic (exact) mass is 526 g/mol. The predicted octanol–water partition coefficient (Wildman–Crippen LogP) is 9.42. The Balaban J connectivity index is 0.00000247. The van der Waals surface area contributed by atoms with Gasteiger partial charge in [-0.1, -0.05) is 41.0 Å². The average Bonchev–Trinajstić information content (AvgIpc) is 3.27. The third-order valence-electron chi connectivity index (χ3n) is 7.65. The zero-order chi connectivity index (χ0) is 29.2. The highest BCUT2D eigenvalue weighted by atomic mass is 19.2. The molecule has 0 N–H and O–H groups in total. The van der Waals surface area contributed by atoms with Crippen LogP contribution in [0.15, 0.2) is 34.8 Å². The summed E-state index contributed by atoms with van der Waals surface area (Å²) < 4.78 is 36.4. The van der Waals surface area contributed by atoms with Crippen molar-refractivity contribution in [1.82, 2.24) is 4.48 Å². The maximum atomic E-state index is 14.3. The van der Waals surface area contributed by atoms with Crippen LogP contribution < -0.4 is 4.74 Å². The molecule has 0 fully saturated rings. The number of aromatic nitrogens is 1. The van der Waals surface area contributed by atoms with Crippen LogP contribution in [0, 0.1) is 33.1 Å². The van der Waals surface area contributed by atoms with Crippen molar-refractivity contribution in [3.05, 3.63) is 63.5 Å². The molecule has 0 bridgehead atoms. The van der Waals surface area contributed by atoms with Crippen molar-refractivity contribution in [2.75, 3.05) is 0 Å². The van der Waals surface area contributed by atoms with Gasteiger partial charge >= 0.3 is 7.40 Å². The molecule has 0 amide bonds. The Morgan fingerprint density at radius 1 is 0.947 bits per heavy atom. The maximum Gasteiger partial charge on any atom is 0.677 e. The third kappa shape index (κ3) is 6.98. The summed E-state index contributed by atoms with van der Waals surface area (Å²) in [4.78, 5) is 4.92. The Morgan fingerprint density at radius 3 is 1.95 bits per heavy atom. The Kier molecular flexibility index (Phi) is 10.2. The van der Waals surface area contributed by atoms with E-state index in [9.17, 15) is 8.63 Å². The van der Waals surface area contributed by atoms with Crippen molar-refractivity contribution < 1.29 is 13.4 Å². The van der Waals surface area contributed by atoms with Crippen molar-refractivity contribution in [2.24, 2.45) is 10.4 Å². The first kappa shape index (κ1) is 31.9. The number of hydrogen-bond donors (Lipinski definition) is 0. The van der Waals surface area contributed by atoms with Crippen LogP contribution in [0.5, 0.6) is 5.75 Å². The molecule has 1 aliphatic rings. The molecule has 0 radical (unpaired) electrons. The molecule has 0 saturated heterocycles. The van der Waals surface area contributed by atoms with Crippen LogP contribution in [0.3, 0.4) is 0 Å². The van der Waals surface area contributed by atoms with Crippen molar-refractivity contribution >= 4 is 13.1 Å². The van der Waals surface area contributed by atoms with Crippen LogP contribution in [-0.4, -0.2) is 29.2 Å². The number of aryl methyl sites for hydroxylation is 4. The van der Waals surface area contributed by atoms with Crippen molar-refractivity contribution in [3.63, 3.8) is 0 Å². The fraction of sp³-hybridized carbons (Fsp3) is 0.594. The summed E-state index contributed by atoms with van der Waals surface area (Å²) >= 11 is 0. The molecule has 1 aromatic carbocycles. The highest BCUT2D eigenvalue weighted by molar-refractivity contribution is 6.41. The standard InChI is InChI=1S/C30H43BF2N2O.C2H6/c1-12-29(8,9)17-30(10,11)36-24-15-18(2)25(19(3)16-24)26(27-20(4)13-22(6)34-27)28-21(5)14-23(7)35(28)31(32)33;1-2/h13-16,26-27H,12,17H2,1-11H3;1-2H3. The molecule has 2 unspecified atom stereocenters. The number of nitrogens with zero attached hydrogens (tertiary/aromatic N) is 2. The lowest BCUT2D eigenvalue weighted by Crippen LogP contribution is -2.34. The first-order valence-electron chi connectivity index (χ1n) is 14.1. The molecule has 1 aromatic heterocycles. The van der Waals surface area contributed by atoms with E-state index in [0.29, 0.717) is 11.4 Å². The van der Waals surface area contributed by atoms with E-state index in [1.54, 1.807) is 6.92 Å². The van der Waals surface area contributed by atoms with Crippen molar-refractivity contribution in [1.29, 1.82) is 0 Å². The quantitative estimate of drug-likeness (QED) is 0.299. The topological polar surface area (TPSA) is 26.5 Å². The average molecular weight is 527 g/mol. The number of ether oxygens (including phenoxy) is 1. The summed E-state index contributed by atoms with van der Waals surface area (Å²) in [6.45, 7) is 26.9. The minimum atomic E-state index is -2.61. The van der Waals surface area contributed by atoms with Gasteiger partial charge in [0.1, 0.15) is 11.4 Å². The summed E-state index contributed by atoms with van der Waals surface area (Å²) in [6, 6.07) is 5.78. The van der Waals surface area contributed by atoms with Crippen LogP contribution in [0.1, 0.15) is 115 Å². The molecule has 3 rings (SSSR count). The smallest absolute Gasteiger partial charge is 0.488 e. The Morgan fingerprint density at radius 2 is 1.50 bits per heavy atom.